The van der Waals surface area contributed by atoms with E-state index in [-0.39, 0.29) is 0 Å². The predicted molar refractivity (Wildman–Crippen MR) is 27.0 cm³/mol. The molecule has 0 spiro atoms. The van der Waals surface area contributed by atoms with Gasteiger partial charge >= 0.3 is 0 Å². The zero-order chi connectivity index (χ0) is 5.11. The van der Waals surface area contributed by atoms with Crippen LogP contribution in [0.3, 0.4) is 0 Å². The second-order valence-corrected chi connectivity index (χ2v) is 1.43. The maximum absolute atomic E-state index is 5.36. The van der Waals surface area contributed by atoms with E-state index in [1.54, 1.807) is 11.2 Å². The van der Waals surface area contributed by atoms with Crippen LogP contribution in [0.2, 0.25) is 0 Å². The third-order valence-corrected chi connectivity index (χ3v) is 0.969. The molecule has 0 radical (unpaired) electrons. The average Bonchev–Trinajstić information content (AvgIpc) is 2.14. The third kappa shape index (κ3) is 0.962. The Bertz CT molecular complexity index is 85.0. The average molecular weight is 121 g/mol. The smallest absolute Gasteiger partial charge is 0.191 e. The molecule has 0 aromatic rings. The molecule has 1 rings (SSSR count). The van der Waals surface area contributed by atoms with Crippen molar-refractivity contribution >= 4 is 17.9 Å². The number of oxime groups is 1. The van der Waals surface area contributed by atoms with Gasteiger partial charge in [-0.05, 0) is 0 Å². The van der Waals surface area contributed by atoms with E-state index in [4.69, 9.17) is 11.6 Å². The van der Waals surface area contributed by atoms with Crippen LogP contribution in [-0.2, 0) is 4.84 Å². The van der Waals surface area contributed by atoms with Crippen LogP contribution in [0, 0.1) is 0 Å². The molecule has 0 amide bonds. The molecule has 0 N–H and O–H groups in total. The van der Waals surface area contributed by atoms with Gasteiger partial charge in [-0.25, -0.2) is 0 Å². The summed E-state index contributed by atoms with van der Waals surface area (Å²) in [5.74, 6) is 0. The molecule has 0 atom stereocenters. The second kappa shape index (κ2) is 2.02. The largest absolute Gasteiger partial charge is 0.372 e. The van der Waals surface area contributed by atoms with Gasteiger partial charge in [-0.2, -0.15) is 0 Å². The van der Waals surface area contributed by atoms with Gasteiger partial charge in [-0.15, -0.1) is 11.6 Å². The highest BCUT2D eigenvalue weighted by atomic mass is 35.5. The maximum Gasteiger partial charge on any atom is 0.191 e. The van der Waals surface area contributed by atoms with Gasteiger partial charge in [-0.3, -0.25) is 0 Å². The van der Waals surface area contributed by atoms with E-state index in [0.29, 0.717) is 12.7 Å². The van der Waals surface area contributed by atoms with Crippen LogP contribution in [0.1, 0.15) is 0 Å². The van der Waals surface area contributed by atoms with Crippen LogP contribution in [0.4, 0.5) is 0 Å². The quantitative estimate of drug-likeness (QED) is 0.370. The van der Waals surface area contributed by atoms with E-state index in [1.165, 1.54) is 0 Å². The monoisotopic (exact) mass is 120 g/mol. The first-order valence-electron chi connectivity index (χ1n) is 1.89. The van der Waals surface area contributed by atoms with Crippen LogP contribution in [-0.4, -0.2) is 24.0 Å². The van der Waals surface area contributed by atoms with Gasteiger partial charge < -0.3 is 9.74 Å². The number of hydrogen-bond donors (Lipinski definition) is 0. The molecule has 4 heteroatoms. The van der Waals surface area contributed by atoms with E-state index in [9.17, 15) is 0 Å². The van der Waals surface area contributed by atoms with Crippen molar-refractivity contribution < 1.29 is 4.84 Å². The third-order valence-electron chi connectivity index (χ3n) is 0.662. The molecule has 1 heterocycles. The molecular weight excluding hydrogens is 115 g/mol. The van der Waals surface area contributed by atoms with Crippen molar-refractivity contribution in [3.05, 3.63) is 0 Å². The number of alkyl halides is 1. The van der Waals surface area contributed by atoms with Crippen molar-refractivity contribution in [3.8, 4) is 0 Å². The highest BCUT2D eigenvalue weighted by molar-refractivity contribution is 6.18. The Hall–Kier alpha value is -0.440. The standard InChI is InChI=1S/C3H5ClN2O/c4-1-6-2-5-7-3-6/h2H,1,3H2. The Morgan fingerprint density at radius 1 is 2.00 bits per heavy atom. The van der Waals surface area contributed by atoms with Crippen LogP contribution in [0.5, 0.6) is 0 Å². The molecule has 3 nitrogen and oxygen atoms in total. The molecule has 1 aliphatic heterocycles. The molecule has 0 aliphatic carbocycles. The summed E-state index contributed by atoms with van der Waals surface area (Å²) in [7, 11) is 0. The first kappa shape index (κ1) is 4.71. The maximum atomic E-state index is 5.36. The Balaban J connectivity index is 2.28. The molecular formula is C3H5ClN2O. The Labute approximate surface area is 46.5 Å². The van der Waals surface area contributed by atoms with Crippen molar-refractivity contribution in [2.75, 3.05) is 12.7 Å². The molecule has 0 aromatic heterocycles. The predicted octanol–water partition coefficient (Wildman–Crippen LogP) is 0.416. The fourth-order valence-electron chi connectivity index (χ4n) is 0.306. The van der Waals surface area contributed by atoms with Gasteiger partial charge in [0.1, 0.15) is 6.34 Å². The van der Waals surface area contributed by atoms with Gasteiger partial charge in [0, 0.05) is 0 Å². The molecule has 0 saturated carbocycles. The van der Waals surface area contributed by atoms with Gasteiger partial charge in [0.25, 0.3) is 0 Å². The van der Waals surface area contributed by atoms with Gasteiger partial charge in [0.05, 0.1) is 6.00 Å². The van der Waals surface area contributed by atoms with Gasteiger partial charge in [-0.1, -0.05) is 5.16 Å². The number of rotatable bonds is 1. The van der Waals surface area contributed by atoms with Gasteiger partial charge in [0.2, 0.25) is 0 Å². The molecule has 0 fully saturated rings. The first-order valence-corrected chi connectivity index (χ1v) is 2.42. The highest BCUT2D eigenvalue weighted by Crippen LogP contribution is 1.94. The fourth-order valence-corrected chi connectivity index (χ4v) is 0.437. The van der Waals surface area contributed by atoms with Crippen molar-refractivity contribution in [2.45, 2.75) is 0 Å². The van der Waals surface area contributed by atoms with E-state index in [1.807, 2.05) is 0 Å². The molecule has 40 valence electrons. The lowest BCUT2D eigenvalue weighted by molar-refractivity contribution is 0.117. The molecule has 0 unspecified atom stereocenters. The minimum atomic E-state index is 0.448. The summed E-state index contributed by atoms with van der Waals surface area (Å²) in [5, 5.41) is 3.45. The summed E-state index contributed by atoms with van der Waals surface area (Å²) in [4.78, 5) is 6.30. The number of halogens is 1. The Kier molecular flexibility index (Phi) is 1.36. The summed E-state index contributed by atoms with van der Waals surface area (Å²) >= 11 is 5.36. The molecule has 1 aliphatic rings. The highest BCUT2D eigenvalue weighted by Gasteiger charge is 2.01. The number of hydrogen-bond acceptors (Lipinski definition) is 3. The molecule has 7 heavy (non-hydrogen) atoms. The first-order chi connectivity index (χ1) is 3.43. The minimum Gasteiger partial charge on any atom is -0.372 e. The topological polar surface area (TPSA) is 24.8 Å². The molecule has 0 aromatic carbocycles. The van der Waals surface area contributed by atoms with Gasteiger partial charge in [0.15, 0.2) is 6.73 Å². The van der Waals surface area contributed by atoms with Crippen LogP contribution < -0.4 is 0 Å². The lowest BCUT2D eigenvalue weighted by Crippen LogP contribution is -2.16. The SMILES string of the molecule is ClCN1C=NOC1. The molecule has 0 saturated heterocycles. The summed E-state index contributed by atoms with van der Waals surface area (Å²) in [5.41, 5.74) is 0. The van der Waals surface area contributed by atoms with Crippen LogP contribution >= 0.6 is 11.6 Å². The Morgan fingerprint density at radius 3 is 3.14 bits per heavy atom. The van der Waals surface area contributed by atoms with E-state index >= 15 is 0 Å². The Morgan fingerprint density at radius 2 is 2.86 bits per heavy atom. The summed E-state index contributed by atoms with van der Waals surface area (Å²) < 4.78 is 0. The van der Waals surface area contributed by atoms with E-state index < -0.39 is 0 Å². The number of nitrogens with zero attached hydrogens (tertiary/aromatic N) is 2. The summed E-state index contributed by atoms with van der Waals surface area (Å²) in [6.45, 7) is 0.490. The lowest BCUT2D eigenvalue weighted by Gasteiger charge is -2.02. The summed E-state index contributed by atoms with van der Waals surface area (Å²) in [6.07, 6.45) is 1.56. The normalized spacial score (nSPS) is 17.6. The van der Waals surface area contributed by atoms with Crippen molar-refractivity contribution in [1.82, 2.24) is 4.90 Å². The van der Waals surface area contributed by atoms with E-state index in [2.05, 4.69) is 9.99 Å². The zero-order valence-corrected chi connectivity index (χ0v) is 4.43. The fraction of sp³-hybridized carbons (Fsp3) is 0.667. The van der Waals surface area contributed by atoms with E-state index in [0.717, 1.165) is 0 Å². The van der Waals surface area contributed by atoms with Crippen molar-refractivity contribution in [2.24, 2.45) is 5.16 Å². The summed E-state index contributed by atoms with van der Waals surface area (Å²) in [6, 6.07) is 0.448. The van der Waals surface area contributed by atoms with Crippen molar-refractivity contribution in [3.63, 3.8) is 0 Å². The molecule has 0 bridgehead atoms. The van der Waals surface area contributed by atoms with Crippen LogP contribution in [0.15, 0.2) is 5.16 Å². The zero-order valence-electron chi connectivity index (χ0n) is 3.67. The lowest BCUT2D eigenvalue weighted by atomic mass is 10.9. The van der Waals surface area contributed by atoms with Crippen molar-refractivity contribution in [1.29, 1.82) is 0 Å². The second-order valence-electron chi connectivity index (χ2n) is 1.19. The minimum absolute atomic E-state index is 0.448. The van der Waals surface area contributed by atoms with Crippen LogP contribution in [0.25, 0.3) is 0 Å².